The van der Waals surface area contributed by atoms with E-state index in [2.05, 4.69) is 56.9 Å². The molecular formula is C61H110N14O29. The summed E-state index contributed by atoms with van der Waals surface area (Å²) in [6.45, 7) is 4.00. The Morgan fingerprint density at radius 2 is 0.712 bits per heavy atom. The van der Waals surface area contributed by atoms with Crippen molar-refractivity contribution in [2.45, 2.75) is 138 Å². The maximum atomic E-state index is 13.7. The summed E-state index contributed by atoms with van der Waals surface area (Å²) >= 11 is 0. The van der Waals surface area contributed by atoms with Gasteiger partial charge >= 0.3 is 0 Å². The van der Waals surface area contributed by atoms with Crippen LogP contribution in [0.2, 0.25) is 0 Å². The van der Waals surface area contributed by atoms with Crippen LogP contribution in [-0.2, 0) is 95.0 Å². The van der Waals surface area contributed by atoms with Crippen LogP contribution >= 0.6 is 0 Å². The molecule has 43 nitrogen and oxygen atoms in total. The first kappa shape index (κ1) is 92.0. The minimum atomic E-state index is -1.52. The Morgan fingerprint density at radius 1 is 0.423 bits per heavy atom. The lowest BCUT2D eigenvalue weighted by Gasteiger charge is -2.42. The number of amides is 5. The molecule has 9 unspecified atom stereocenters. The third kappa shape index (κ3) is 36.4. The molecule has 0 aromatic rings. The number of aliphatic imine (C=N–C) groups is 3. The van der Waals surface area contributed by atoms with E-state index in [-0.39, 0.29) is 201 Å². The Labute approximate surface area is 601 Å². The summed E-state index contributed by atoms with van der Waals surface area (Å²) in [7, 11) is 0. The lowest BCUT2D eigenvalue weighted by Crippen LogP contribution is -2.64. The van der Waals surface area contributed by atoms with Gasteiger partial charge in [-0.15, -0.1) is 0 Å². The van der Waals surface area contributed by atoms with E-state index in [1.165, 1.54) is 39.4 Å². The van der Waals surface area contributed by atoms with E-state index < -0.39 is 141 Å². The van der Waals surface area contributed by atoms with Crippen molar-refractivity contribution in [2.24, 2.45) is 47.8 Å². The third-order valence-corrected chi connectivity index (χ3v) is 15.0. The smallest absolute Gasteiger partial charge is 0.222 e. The van der Waals surface area contributed by atoms with Crippen LogP contribution in [0.25, 0.3) is 0 Å². The summed E-state index contributed by atoms with van der Waals surface area (Å²) in [5.74, 6) is 14.9. The molecule has 0 radical (unpaired) electrons. The van der Waals surface area contributed by atoms with E-state index >= 15 is 0 Å². The molecule has 0 saturated carbocycles. The Balaban J connectivity index is 1.59. The van der Waals surface area contributed by atoms with Gasteiger partial charge in [-0.25, -0.2) is 0 Å². The number of carbonyl (C=O) groups excluding carboxylic acids is 5. The largest absolute Gasteiger partial charge is 0.394 e. The Morgan fingerprint density at radius 3 is 0.981 bits per heavy atom. The molecule has 0 aromatic heterocycles. The molecule has 3 rings (SSSR count). The van der Waals surface area contributed by atoms with Gasteiger partial charge in [0.25, 0.3) is 0 Å². The second-order valence-corrected chi connectivity index (χ2v) is 23.3. The van der Waals surface area contributed by atoms with Gasteiger partial charge in [0.2, 0.25) is 29.5 Å². The molecule has 0 bridgehead atoms. The molecule has 3 saturated heterocycles. The summed E-state index contributed by atoms with van der Waals surface area (Å²) in [4.78, 5) is 73.9. The first-order chi connectivity index (χ1) is 50.1. The monoisotopic (exact) mass is 1500 g/mol. The second-order valence-electron chi connectivity index (χ2n) is 23.3. The Bertz CT molecular complexity index is 2370. The summed E-state index contributed by atoms with van der Waals surface area (Å²) in [6.07, 6.45) is -11.5. The van der Waals surface area contributed by atoms with Crippen LogP contribution in [0.5, 0.6) is 0 Å². The number of rotatable bonds is 56. The molecule has 20 N–H and O–H groups in total. The van der Waals surface area contributed by atoms with E-state index in [0.29, 0.717) is 0 Å². The van der Waals surface area contributed by atoms with Gasteiger partial charge in [0.05, 0.1) is 178 Å². The number of carbonyl (C=O) groups is 5. The van der Waals surface area contributed by atoms with Crippen molar-refractivity contribution in [1.82, 2.24) is 26.6 Å². The van der Waals surface area contributed by atoms with Gasteiger partial charge in [-0.3, -0.25) is 38.9 Å². The summed E-state index contributed by atoms with van der Waals surface area (Å²) in [5, 5.41) is 115. The number of aliphatic hydroxyl groups excluding tert-OH is 9. The van der Waals surface area contributed by atoms with Crippen LogP contribution < -0.4 is 44.1 Å². The number of hydrogen-bond acceptors (Lipinski definition) is 38. The highest BCUT2D eigenvalue weighted by Crippen LogP contribution is 2.25. The Hall–Kier alpha value is -6.19. The maximum Gasteiger partial charge on any atom is 0.222 e. The normalized spacial score (nSPS) is 26.2. The minimum absolute atomic E-state index is 0.0107. The molecule has 3 heterocycles. The van der Waals surface area contributed by atoms with Crippen molar-refractivity contribution in [3.63, 3.8) is 0 Å². The Kier molecular flexibility index (Phi) is 48.1. The average molecular weight is 1500 g/mol. The van der Waals surface area contributed by atoms with Crippen LogP contribution in [0, 0.1) is 0 Å². The van der Waals surface area contributed by atoms with E-state index in [4.69, 9.17) is 88.6 Å². The molecule has 3 fully saturated rings. The van der Waals surface area contributed by atoms with Crippen LogP contribution in [-0.4, -0.2) is 393 Å². The molecule has 598 valence electrons. The lowest BCUT2D eigenvalue weighted by molar-refractivity contribution is -0.272. The van der Waals surface area contributed by atoms with E-state index in [9.17, 15) is 69.9 Å². The zero-order valence-corrected chi connectivity index (χ0v) is 59.2. The van der Waals surface area contributed by atoms with Gasteiger partial charge in [-0.1, -0.05) is 6.92 Å². The van der Waals surface area contributed by atoms with Crippen molar-refractivity contribution >= 4 is 65.3 Å². The SMILES string of the molecule is CCC(=O)NCCC(=O)NC(COCC(C=NCCOCCOCCO[C@H]1OC(CO)[C@@H](O)C(O)C1NC(C)=O)=NN)(COCC(C=NCCOCCOCCO[C@H]1OC(CO)[C@@H](O)C(O)C1NC(C)=O)=NN)COCC(C=NCCOCCOCCO[C@H]1OC(CO)[C@@H](O)C(O)C1NC(C)=O)=NN. The van der Waals surface area contributed by atoms with Gasteiger partial charge in [0.1, 0.15) is 95.7 Å². The molecule has 104 heavy (non-hydrogen) atoms. The predicted octanol–water partition coefficient (Wildman–Crippen LogP) is -10.1. The predicted molar refractivity (Wildman–Crippen MR) is 365 cm³/mol. The fraction of sp³-hybridized carbons (Fsp3) is 0.820. The molecule has 0 aliphatic carbocycles. The molecule has 15 atom stereocenters. The lowest BCUT2D eigenvalue weighted by atomic mass is 9.97. The van der Waals surface area contributed by atoms with Gasteiger partial charge in [0, 0.05) is 58.8 Å². The molecule has 43 heteroatoms. The highest BCUT2D eigenvalue weighted by Gasteiger charge is 2.48. The van der Waals surface area contributed by atoms with Gasteiger partial charge in [-0.2, -0.15) is 15.3 Å². The summed E-state index contributed by atoms with van der Waals surface area (Å²) in [5.41, 5.74) is -0.981. The van der Waals surface area contributed by atoms with Crippen LogP contribution in [0.1, 0.15) is 40.5 Å². The van der Waals surface area contributed by atoms with Crippen LogP contribution in [0.4, 0.5) is 0 Å². The average Bonchev–Trinajstić information content (AvgIpc) is 0.817. The van der Waals surface area contributed by atoms with Crippen molar-refractivity contribution in [3.05, 3.63) is 0 Å². The van der Waals surface area contributed by atoms with Crippen molar-refractivity contribution < 1.29 is 141 Å². The summed E-state index contributed by atoms with van der Waals surface area (Å²) in [6, 6.07) is -3.29. The van der Waals surface area contributed by atoms with E-state index in [1.807, 2.05) is 0 Å². The molecule has 0 spiro atoms. The first-order valence-corrected chi connectivity index (χ1v) is 33.7. The number of hydrazone groups is 3. The third-order valence-electron chi connectivity index (χ3n) is 15.0. The fourth-order valence-corrected chi connectivity index (χ4v) is 9.74. The number of nitrogens with zero attached hydrogens (tertiary/aromatic N) is 6. The van der Waals surface area contributed by atoms with Gasteiger partial charge in [-0.05, 0) is 0 Å². The number of aliphatic hydroxyl groups is 9. The molecular weight excluding hydrogens is 1390 g/mol. The highest BCUT2D eigenvalue weighted by molar-refractivity contribution is 6.32. The van der Waals surface area contributed by atoms with E-state index in [1.54, 1.807) is 6.92 Å². The van der Waals surface area contributed by atoms with E-state index in [0.717, 1.165) is 0 Å². The van der Waals surface area contributed by atoms with Crippen molar-refractivity contribution in [2.75, 3.05) is 185 Å². The number of nitrogens with one attached hydrogen (secondary N) is 5. The maximum absolute atomic E-state index is 13.7. The quantitative estimate of drug-likeness (QED) is 0.0116. The molecule has 3 aliphatic rings. The summed E-state index contributed by atoms with van der Waals surface area (Å²) < 4.78 is 85.4. The highest BCUT2D eigenvalue weighted by atomic mass is 16.7. The standard InChI is InChI=1S/C61H110N14O29/c1-5-47(82)68-7-6-48(83)72-61(35-96-32-41(73-62)26-65-8-11-90-14-17-93-20-23-99-58-49(69-38(2)79)55(87)52(84)44(29-76)102-58,36-97-33-42(74-63)27-66-9-12-91-15-18-94-21-24-100-59-50(70-39(3)80)56(88)53(85)45(30-77)103-59)37-98-34-43(75-64)28-67-10-13-92-16-19-95-22-25-101-60-51(71-40(4)81)57(89)54(86)46(31-78)104-60/h26-28,44-46,49-60,76-78,84-89H,5-25,29-37,62-64H2,1-4H3,(H,68,82)(H,69,79)(H,70,80)(H,71,81)(H,72,83)/t44?,45?,46?,49?,50?,51?,52-,53-,54-,55?,56?,57?,58+,59+,60+,61?/m1/s1. The molecule has 3 aliphatic heterocycles. The zero-order valence-electron chi connectivity index (χ0n) is 59.2. The fourth-order valence-electron chi connectivity index (χ4n) is 9.74. The second kappa shape index (κ2) is 54.4. The van der Waals surface area contributed by atoms with Crippen molar-refractivity contribution in [1.29, 1.82) is 0 Å². The first-order valence-electron chi connectivity index (χ1n) is 33.7. The number of ether oxygens (including phenoxy) is 15. The zero-order chi connectivity index (χ0) is 76.5. The van der Waals surface area contributed by atoms with Gasteiger partial charge in [0.15, 0.2) is 18.9 Å². The number of nitrogens with two attached hydrogens (primary N) is 3. The molecule has 0 aromatic carbocycles. The van der Waals surface area contributed by atoms with Gasteiger partial charge < -0.3 is 161 Å². The minimum Gasteiger partial charge on any atom is -0.394 e. The van der Waals surface area contributed by atoms with Crippen LogP contribution in [0.3, 0.4) is 0 Å². The number of hydrogen-bond donors (Lipinski definition) is 17. The topological polar surface area (TPSA) is 618 Å². The molecule has 5 amide bonds. The van der Waals surface area contributed by atoms with Crippen molar-refractivity contribution in [3.8, 4) is 0 Å². The van der Waals surface area contributed by atoms with Crippen LogP contribution in [0.15, 0.2) is 30.3 Å².